The number of nitrogens with zero attached hydrogens (tertiary/aromatic N) is 1. The van der Waals surface area contributed by atoms with Crippen molar-refractivity contribution in [2.45, 2.75) is 0 Å². The summed E-state index contributed by atoms with van der Waals surface area (Å²) in [5, 5.41) is 2.78. The topological polar surface area (TPSA) is 50.7 Å². The normalized spacial score (nSPS) is 15.4. The minimum atomic E-state index is -0.210. The Balaban J connectivity index is 1.70. The Labute approximate surface area is 122 Å². The van der Waals surface area contributed by atoms with Crippen LogP contribution in [-0.4, -0.2) is 18.4 Å². The van der Waals surface area contributed by atoms with E-state index in [1.807, 2.05) is 60.7 Å². The molecule has 0 saturated heterocycles. The van der Waals surface area contributed by atoms with Crippen molar-refractivity contribution in [3.05, 3.63) is 78.0 Å². The molecule has 2 aromatic carbocycles. The molecule has 0 spiro atoms. The first-order valence-electron chi connectivity index (χ1n) is 6.65. The number of aliphatic imine (C=N–C) groups is 1. The molecule has 0 unspecified atom stereocenters. The Morgan fingerprint density at radius 3 is 2.43 bits per heavy atom. The summed E-state index contributed by atoms with van der Waals surface area (Å²) in [6, 6.07) is 18.9. The Hall–Kier alpha value is -2.88. The van der Waals surface area contributed by atoms with Crippen molar-refractivity contribution in [2.75, 3.05) is 11.9 Å². The highest BCUT2D eigenvalue weighted by Crippen LogP contribution is 2.15. The molecule has 0 aliphatic carbocycles. The van der Waals surface area contributed by atoms with Crippen LogP contribution in [0.25, 0.3) is 0 Å². The predicted octanol–water partition coefficient (Wildman–Crippen LogP) is 2.99. The van der Waals surface area contributed by atoms with E-state index in [1.54, 1.807) is 0 Å². The van der Waals surface area contributed by atoms with Gasteiger partial charge in [0.2, 0.25) is 11.8 Å². The second kappa shape index (κ2) is 6.05. The third kappa shape index (κ3) is 3.36. The second-order valence-corrected chi connectivity index (χ2v) is 4.56. The van der Waals surface area contributed by atoms with Gasteiger partial charge in [0.05, 0.1) is 5.70 Å². The molecule has 1 amide bonds. The number of para-hydroxylation sites is 1. The van der Waals surface area contributed by atoms with Gasteiger partial charge in [-0.05, 0) is 24.3 Å². The van der Waals surface area contributed by atoms with Crippen LogP contribution in [0.15, 0.2) is 77.4 Å². The van der Waals surface area contributed by atoms with E-state index in [0.29, 0.717) is 18.2 Å². The van der Waals surface area contributed by atoms with Gasteiger partial charge in [0, 0.05) is 17.3 Å². The van der Waals surface area contributed by atoms with Crippen molar-refractivity contribution in [2.24, 2.45) is 4.99 Å². The van der Waals surface area contributed by atoms with Gasteiger partial charge in [-0.1, -0.05) is 36.4 Å². The summed E-state index contributed by atoms with van der Waals surface area (Å²) >= 11 is 0. The third-order valence-corrected chi connectivity index (χ3v) is 2.96. The molecule has 1 heterocycles. The van der Waals surface area contributed by atoms with Gasteiger partial charge >= 0.3 is 0 Å². The SMILES string of the molecule is O=C(/C=C1/COC(c2ccccc2)=N1)Nc1ccccc1. The molecule has 0 atom stereocenters. The number of anilines is 1. The van der Waals surface area contributed by atoms with Gasteiger partial charge in [0.1, 0.15) is 6.61 Å². The number of rotatable bonds is 3. The summed E-state index contributed by atoms with van der Waals surface area (Å²) in [5.74, 6) is 0.340. The highest BCUT2D eigenvalue weighted by atomic mass is 16.5. The molecule has 21 heavy (non-hydrogen) atoms. The molecular weight excluding hydrogens is 264 g/mol. The van der Waals surface area contributed by atoms with Crippen LogP contribution in [0, 0.1) is 0 Å². The number of amides is 1. The second-order valence-electron chi connectivity index (χ2n) is 4.56. The van der Waals surface area contributed by atoms with Gasteiger partial charge in [0.15, 0.2) is 0 Å². The largest absolute Gasteiger partial charge is 0.471 e. The maximum Gasteiger partial charge on any atom is 0.250 e. The van der Waals surface area contributed by atoms with E-state index in [-0.39, 0.29) is 5.91 Å². The van der Waals surface area contributed by atoms with E-state index in [0.717, 1.165) is 11.3 Å². The lowest BCUT2D eigenvalue weighted by molar-refractivity contribution is -0.112. The van der Waals surface area contributed by atoms with E-state index in [2.05, 4.69) is 10.3 Å². The fraction of sp³-hybridized carbons (Fsp3) is 0.0588. The zero-order valence-electron chi connectivity index (χ0n) is 11.3. The number of carbonyl (C=O) groups is 1. The van der Waals surface area contributed by atoms with E-state index in [9.17, 15) is 4.79 Å². The average Bonchev–Trinajstić information content (AvgIpc) is 2.97. The minimum Gasteiger partial charge on any atom is -0.471 e. The molecule has 4 heteroatoms. The molecule has 104 valence electrons. The predicted molar refractivity (Wildman–Crippen MR) is 82.1 cm³/mol. The van der Waals surface area contributed by atoms with Crippen LogP contribution >= 0.6 is 0 Å². The maximum atomic E-state index is 11.9. The molecule has 0 saturated carbocycles. The fourth-order valence-corrected chi connectivity index (χ4v) is 1.99. The van der Waals surface area contributed by atoms with Crippen LogP contribution < -0.4 is 5.32 Å². The van der Waals surface area contributed by atoms with Crippen molar-refractivity contribution in [3.8, 4) is 0 Å². The molecule has 3 rings (SSSR count). The lowest BCUT2D eigenvalue weighted by atomic mass is 10.2. The summed E-state index contributed by atoms with van der Waals surface area (Å²) in [6.45, 7) is 0.312. The highest BCUT2D eigenvalue weighted by molar-refractivity contribution is 6.01. The molecule has 1 aliphatic heterocycles. The summed E-state index contributed by atoms with van der Waals surface area (Å²) < 4.78 is 5.50. The van der Waals surface area contributed by atoms with Crippen LogP contribution in [0.4, 0.5) is 5.69 Å². The molecule has 0 bridgehead atoms. The van der Waals surface area contributed by atoms with Crippen molar-refractivity contribution in [3.63, 3.8) is 0 Å². The molecule has 2 aromatic rings. The zero-order valence-corrected chi connectivity index (χ0v) is 11.3. The lowest BCUT2D eigenvalue weighted by Crippen LogP contribution is -2.08. The Morgan fingerprint density at radius 1 is 1.05 bits per heavy atom. The summed E-state index contributed by atoms with van der Waals surface area (Å²) in [6.07, 6.45) is 1.46. The molecule has 1 aliphatic rings. The average molecular weight is 278 g/mol. The monoisotopic (exact) mass is 278 g/mol. The van der Waals surface area contributed by atoms with Crippen molar-refractivity contribution in [1.82, 2.24) is 0 Å². The number of benzene rings is 2. The van der Waals surface area contributed by atoms with Crippen LogP contribution in [0.1, 0.15) is 5.56 Å². The molecular formula is C17H14N2O2. The van der Waals surface area contributed by atoms with Crippen LogP contribution in [0.3, 0.4) is 0 Å². The first-order valence-corrected chi connectivity index (χ1v) is 6.65. The Morgan fingerprint density at radius 2 is 1.71 bits per heavy atom. The highest BCUT2D eigenvalue weighted by Gasteiger charge is 2.15. The standard InChI is InChI=1S/C17H14N2O2/c20-16(18-14-9-5-2-6-10-14)11-15-12-21-17(19-15)13-7-3-1-4-8-13/h1-11H,12H2,(H,18,20)/b15-11-. The third-order valence-electron chi connectivity index (χ3n) is 2.96. The number of ether oxygens (including phenoxy) is 1. The van der Waals surface area contributed by atoms with Gasteiger partial charge in [0.25, 0.3) is 0 Å². The van der Waals surface area contributed by atoms with E-state index < -0.39 is 0 Å². The van der Waals surface area contributed by atoms with E-state index in [1.165, 1.54) is 6.08 Å². The Kier molecular flexibility index (Phi) is 3.78. The molecule has 0 radical (unpaired) electrons. The smallest absolute Gasteiger partial charge is 0.250 e. The van der Waals surface area contributed by atoms with Gasteiger partial charge in [-0.2, -0.15) is 0 Å². The molecule has 0 aromatic heterocycles. The first kappa shape index (κ1) is 13.1. The summed E-state index contributed by atoms with van der Waals surface area (Å²) in [5.41, 5.74) is 2.28. The quantitative estimate of drug-likeness (QED) is 0.877. The van der Waals surface area contributed by atoms with Crippen LogP contribution in [0.5, 0.6) is 0 Å². The van der Waals surface area contributed by atoms with Crippen molar-refractivity contribution >= 4 is 17.5 Å². The van der Waals surface area contributed by atoms with Gasteiger partial charge in [-0.15, -0.1) is 0 Å². The summed E-state index contributed by atoms with van der Waals surface area (Å²) in [4.78, 5) is 16.2. The minimum absolute atomic E-state index is 0.210. The lowest BCUT2D eigenvalue weighted by Gasteiger charge is -2.00. The molecule has 1 N–H and O–H groups in total. The van der Waals surface area contributed by atoms with Gasteiger partial charge < -0.3 is 10.1 Å². The molecule has 0 fully saturated rings. The number of carbonyl (C=O) groups excluding carboxylic acids is 1. The first-order chi connectivity index (χ1) is 10.3. The molecule has 4 nitrogen and oxygen atoms in total. The van der Waals surface area contributed by atoms with Crippen LogP contribution in [0.2, 0.25) is 0 Å². The van der Waals surface area contributed by atoms with Gasteiger partial charge in [-0.25, -0.2) is 4.99 Å². The maximum absolute atomic E-state index is 11.9. The van der Waals surface area contributed by atoms with Crippen LogP contribution in [-0.2, 0) is 9.53 Å². The number of nitrogens with one attached hydrogen (secondary N) is 1. The van der Waals surface area contributed by atoms with Crippen molar-refractivity contribution < 1.29 is 9.53 Å². The number of hydrogen-bond acceptors (Lipinski definition) is 3. The van der Waals surface area contributed by atoms with Gasteiger partial charge in [-0.3, -0.25) is 4.79 Å². The van der Waals surface area contributed by atoms with Crippen molar-refractivity contribution in [1.29, 1.82) is 0 Å². The zero-order chi connectivity index (χ0) is 14.5. The van der Waals surface area contributed by atoms with E-state index >= 15 is 0 Å². The summed E-state index contributed by atoms with van der Waals surface area (Å²) in [7, 11) is 0. The fourth-order valence-electron chi connectivity index (χ4n) is 1.99. The van der Waals surface area contributed by atoms with E-state index in [4.69, 9.17) is 4.74 Å². The number of hydrogen-bond donors (Lipinski definition) is 1. The Bertz CT molecular complexity index is 691.